The van der Waals surface area contributed by atoms with Crippen molar-refractivity contribution in [2.45, 2.75) is 6.92 Å². The van der Waals surface area contributed by atoms with Crippen LogP contribution in [0.1, 0.15) is 5.56 Å². The smallest absolute Gasteiger partial charge is 0.155 e. The van der Waals surface area contributed by atoms with Gasteiger partial charge in [-0.15, -0.1) is 0 Å². The molecule has 0 aliphatic rings. The average molecular weight is 232 g/mol. The molecule has 0 spiro atoms. The highest BCUT2D eigenvalue weighted by Gasteiger charge is 1.95. The van der Waals surface area contributed by atoms with Crippen molar-refractivity contribution in [2.24, 2.45) is 4.52 Å². The molecule has 0 aromatic heterocycles. The molecule has 1 aromatic rings. The molecular weight excluding hydrogens is 221 g/mol. The normalized spacial score (nSPS) is 11.5. The van der Waals surface area contributed by atoms with Gasteiger partial charge in [0.2, 0.25) is 0 Å². The fraction of sp³-hybridized carbons (Fsp3) is 0.143. The lowest BCUT2D eigenvalue weighted by atomic mass is 10.2. The number of nitrogens with one attached hydrogen (secondary N) is 1. The van der Waals surface area contributed by atoms with Crippen LogP contribution in [0.3, 0.4) is 0 Å². The Morgan fingerprint density at radius 1 is 1.54 bits per heavy atom. The van der Waals surface area contributed by atoms with E-state index in [9.17, 15) is 0 Å². The van der Waals surface area contributed by atoms with Crippen molar-refractivity contribution in [3.05, 3.63) is 29.8 Å². The SMILES string of the molecule is Cc1ccccc1OPNP=NP. The molecule has 0 bridgehead atoms. The quantitative estimate of drug-likeness (QED) is 0.638. The highest BCUT2D eigenvalue weighted by Crippen LogP contribution is 2.23. The van der Waals surface area contributed by atoms with Crippen LogP contribution in [0.2, 0.25) is 0 Å². The van der Waals surface area contributed by atoms with Gasteiger partial charge in [0.15, 0.2) is 8.96 Å². The molecule has 1 rings (SSSR count). The van der Waals surface area contributed by atoms with Gasteiger partial charge in [0.1, 0.15) is 14.3 Å². The van der Waals surface area contributed by atoms with Crippen LogP contribution in [0.4, 0.5) is 0 Å². The molecule has 2 unspecified atom stereocenters. The first kappa shape index (κ1) is 11.0. The minimum absolute atomic E-state index is 0.243. The molecule has 0 amide bonds. The average Bonchev–Trinajstić information content (AvgIpc) is 2.15. The first-order valence-corrected chi connectivity index (χ1v) is 5.94. The maximum Gasteiger partial charge on any atom is 0.155 e. The summed E-state index contributed by atoms with van der Waals surface area (Å²) in [4.78, 5) is 3.00. The lowest BCUT2D eigenvalue weighted by Crippen LogP contribution is -1.87. The van der Waals surface area contributed by atoms with Crippen molar-refractivity contribution in [1.82, 2.24) is 4.86 Å². The second-order valence-corrected chi connectivity index (χ2v) is 4.72. The van der Waals surface area contributed by atoms with Gasteiger partial charge in [-0.1, -0.05) is 18.2 Å². The predicted molar refractivity (Wildman–Crippen MR) is 62.3 cm³/mol. The Balaban J connectivity index is 2.41. The molecule has 6 heteroatoms. The Morgan fingerprint density at radius 2 is 2.31 bits per heavy atom. The second kappa shape index (κ2) is 6.40. The molecule has 0 fully saturated rings. The van der Waals surface area contributed by atoms with Crippen molar-refractivity contribution in [1.29, 1.82) is 0 Å². The predicted octanol–water partition coefficient (Wildman–Crippen LogP) is 3.31. The Morgan fingerprint density at radius 3 is 3.00 bits per heavy atom. The summed E-state index contributed by atoms with van der Waals surface area (Å²) >= 11 is 0. The van der Waals surface area contributed by atoms with Crippen LogP contribution >= 0.6 is 26.9 Å². The summed E-state index contributed by atoms with van der Waals surface area (Å²) in [6.45, 7) is 2.03. The van der Waals surface area contributed by atoms with Gasteiger partial charge in [-0.25, -0.2) is 9.37 Å². The molecule has 3 nitrogen and oxygen atoms in total. The van der Waals surface area contributed by atoms with Crippen molar-refractivity contribution in [3.8, 4) is 5.75 Å². The molecule has 0 aliphatic carbocycles. The molecule has 70 valence electrons. The maximum atomic E-state index is 5.48. The third-order valence-corrected chi connectivity index (χ3v) is 2.96. The van der Waals surface area contributed by atoms with E-state index in [4.69, 9.17) is 4.52 Å². The van der Waals surface area contributed by atoms with Gasteiger partial charge in [0, 0.05) is 0 Å². The van der Waals surface area contributed by atoms with Gasteiger partial charge in [-0.3, -0.25) is 0 Å². The van der Waals surface area contributed by atoms with E-state index in [2.05, 4.69) is 18.8 Å². The number of hydrogen-bond donors (Lipinski definition) is 1. The van der Waals surface area contributed by atoms with Crippen molar-refractivity contribution in [2.75, 3.05) is 0 Å². The number of benzene rings is 1. The first-order valence-electron chi connectivity index (χ1n) is 3.67. The number of para-hydroxylation sites is 1. The van der Waals surface area contributed by atoms with E-state index >= 15 is 0 Å². The van der Waals surface area contributed by atoms with Gasteiger partial charge >= 0.3 is 0 Å². The fourth-order valence-corrected chi connectivity index (χ4v) is 2.23. The van der Waals surface area contributed by atoms with Gasteiger partial charge in [-0.2, -0.15) is 0 Å². The van der Waals surface area contributed by atoms with Crippen LogP contribution in [-0.4, -0.2) is 0 Å². The molecule has 2 atom stereocenters. The van der Waals surface area contributed by atoms with Gasteiger partial charge in [0.05, 0.1) is 0 Å². The third kappa shape index (κ3) is 4.11. The lowest BCUT2D eigenvalue weighted by molar-refractivity contribution is 0.623. The van der Waals surface area contributed by atoms with E-state index in [1.165, 1.54) is 0 Å². The summed E-state index contributed by atoms with van der Waals surface area (Å²) < 4.78 is 9.27. The molecular formula is C7H11N2OP3. The van der Waals surface area contributed by atoms with E-state index in [-0.39, 0.29) is 8.96 Å². The summed E-state index contributed by atoms with van der Waals surface area (Å²) in [5.41, 5.74) is 1.15. The van der Waals surface area contributed by atoms with Gasteiger partial charge < -0.3 is 4.52 Å². The van der Waals surface area contributed by atoms with Crippen LogP contribution in [0, 0.1) is 6.92 Å². The zero-order valence-electron chi connectivity index (χ0n) is 7.19. The van der Waals surface area contributed by atoms with E-state index in [0.717, 1.165) is 19.8 Å². The molecule has 0 heterocycles. The minimum atomic E-state index is 0.243. The zero-order valence-corrected chi connectivity index (χ0v) is 10.2. The molecule has 1 aromatic carbocycles. The number of hydrogen-bond acceptors (Lipinski definition) is 2. The number of aryl methyl sites for hydroxylation is 1. The monoisotopic (exact) mass is 232 g/mol. The van der Waals surface area contributed by atoms with E-state index in [1.54, 1.807) is 0 Å². The van der Waals surface area contributed by atoms with Crippen molar-refractivity contribution >= 4 is 26.9 Å². The van der Waals surface area contributed by atoms with Crippen LogP contribution in [0.25, 0.3) is 0 Å². The van der Waals surface area contributed by atoms with Crippen LogP contribution in [-0.2, 0) is 0 Å². The van der Waals surface area contributed by atoms with Crippen molar-refractivity contribution < 1.29 is 4.52 Å². The van der Waals surface area contributed by atoms with E-state index in [0.29, 0.717) is 0 Å². The molecule has 1 N–H and O–H groups in total. The first-order chi connectivity index (χ1) is 6.34. The molecule has 0 saturated heterocycles. The van der Waals surface area contributed by atoms with Crippen LogP contribution in [0.5, 0.6) is 5.75 Å². The Labute approximate surface area is 83.8 Å². The fourth-order valence-electron chi connectivity index (χ4n) is 0.798. The Bertz CT molecular complexity index is 293. The Hall–Kier alpha value is -0.0600. The summed E-state index contributed by atoms with van der Waals surface area (Å²) in [5.74, 6) is 0.923. The lowest BCUT2D eigenvalue weighted by Gasteiger charge is -2.05. The summed E-state index contributed by atoms with van der Waals surface area (Å²) in [6.07, 6.45) is 0. The summed E-state index contributed by atoms with van der Waals surface area (Å²) in [6, 6.07) is 7.94. The second-order valence-electron chi connectivity index (χ2n) is 2.30. The zero-order chi connectivity index (χ0) is 9.52. The van der Waals surface area contributed by atoms with Crippen molar-refractivity contribution in [3.63, 3.8) is 0 Å². The Kier molecular flexibility index (Phi) is 5.43. The topological polar surface area (TPSA) is 33.6 Å². The summed E-state index contributed by atoms with van der Waals surface area (Å²) in [5, 5.41) is 0. The van der Waals surface area contributed by atoms with E-state index < -0.39 is 0 Å². The number of nitrogens with zero attached hydrogens (tertiary/aromatic N) is 1. The maximum absolute atomic E-state index is 5.48. The van der Waals surface area contributed by atoms with Gasteiger partial charge in [0.25, 0.3) is 0 Å². The third-order valence-electron chi connectivity index (χ3n) is 1.41. The molecule has 0 saturated carbocycles. The minimum Gasteiger partial charge on any atom is -0.460 e. The van der Waals surface area contributed by atoms with Crippen LogP contribution in [0.15, 0.2) is 28.8 Å². The van der Waals surface area contributed by atoms with Gasteiger partial charge in [-0.05, 0) is 27.9 Å². The number of rotatable bonds is 4. The largest absolute Gasteiger partial charge is 0.460 e. The van der Waals surface area contributed by atoms with Crippen LogP contribution < -0.4 is 9.38 Å². The molecule has 0 radical (unpaired) electrons. The standard InChI is InChI=1S/C7H11N2OP3/c1-6-4-2-3-5-7(6)10-13-9-12-8-11/h2-5,13H,11H2,1H3,(H,8,9). The highest BCUT2D eigenvalue weighted by molar-refractivity contribution is 7.46. The highest BCUT2D eigenvalue weighted by atomic mass is 31.1. The van der Waals surface area contributed by atoms with E-state index in [1.807, 2.05) is 31.2 Å². The molecule has 0 aliphatic heterocycles. The summed E-state index contributed by atoms with van der Waals surface area (Å²) in [7, 11) is 3.35. The molecule has 13 heavy (non-hydrogen) atoms.